The molecule has 0 heterocycles. The number of aliphatic hydroxyl groups excluding tert-OH is 1. The number of amides is 1. The summed E-state index contributed by atoms with van der Waals surface area (Å²) in [6, 6.07) is 6.44. The van der Waals surface area contributed by atoms with Gasteiger partial charge in [-0.25, -0.2) is 0 Å². The fraction of sp³-hybridized carbons (Fsp3) is 0.500. The molecular weight excluding hydrogens is 230 g/mol. The summed E-state index contributed by atoms with van der Waals surface area (Å²) < 4.78 is 0. The maximum atomic E-state index is 11.8. The number of hydrogen-bond donors (Lipinski definition) is 3. The molecule has 0 bridgehead atoms. The maximum absolute atomic E-state index is 11.8. The van der Waals surface area contributed by atoms with E-state index in [4.69, 9.17) is 0 Å². The highest BCUT2D eigenvalue weighted by atomic mass is 16.3. The van der Waals surface area contributed by atoms with Crippen molar-refractivity contribution >= 4 is 5.91 Å². The molecule has 0 aliphatic carbocycles. The van der Waals surface area contributed by atoms with Gasteiger partial charge in [0.1, 0.15) is 5.75 Å². The van der Waals surface area contributed by atoms with Gasteiger partial charge < -0.3 is 15.5 Å². The van der Waals surface area contributed by atoms with Crippen LogP contribution in [0.4, 0.5) is 0 Å². The van der Waals surface area contributed by atoms with Crippen LogP contribution in [-0.2, 0) is 11.2 Å². The van der Waals surface area contributed by atoms with Gasteiger partial charge in [0, 0.05) is 5.41 Å². The molecule has 4 nitrogen and oxygen atoms in total. The van der Waals surface area contributed by atoms with Gasteiger partial charge in [-0.1, -0.05) is 32.9 Å². The minimum atomic E-state index is -0.470. The van der Waals surface area contributed by atoms with Gasteiger partial charge in [-0.3, -0.25) is 4.79 Å². The first-order valence-corrected chi connectivity index (χ1v) is 6.02. The molecule has 0 saturated carbocycles. The summed E-state index contributed by atoms with van der Waals surface area (Å²) in [5.74, 6) is 0.123. The molecule has 1 amide bonds. The van der Waals surface area contributed by atoms with E-state index < -0.39 is 5.41 Å². The number of aliphatic hydroxyl groups is 1. The molecule has 1 aromatic carbocycles. The van der Waals surface area contributed by atoms with Crippen molar-refractivity contribution in [2.75, 3.05) is 6.61 Å². The standard InChI is InChI=1S/C14H21NO3/c1-14(2,3)13(18)15-11(9-16)8-10-4-6-12(17)7-5-10/h4-7,11,16-17H,8-9H2,1-3H3,(H,15,18)/t11-/m0/s1. The van der Waals surface area contributed by atoms with Crippen molar-refractivity contribution in [1.82, 2.24) is 5.32 Å². The molecular formula is C14H21NO3. The van der Waals surface area contributed by atoms with Crippen molar-refractivity contribution in [2.45, 2.75) is 33.2 Å². The third kappa shape index (κ3) is 4.37. The molecule has 0 aliphatic heterocycles. The molecule has 1 atom stereocenters. The molecule has 18 heavy (non-hydrogen) atoms. The molecule has 0 spiro atoms. The van der Waals surface area contributed by atoms with E-state index in [0.717, 1.165) is 5.56 Å². The Kier molecular flexibility index (Phi) is 4.73. The van der Waals surface area contributed by atoms with Crippen molar-refractivity contribution < 1.29 is 15.0 Å². The first-order valence-electron chi connectivity index (χ1n) is 6.02. The lowest BCUT2D eigenvalue weighted by atomic mass is 9.94. The molecule has 0 aliphatic rings. The number of nitrogens with one attached hydrogen (secondary N) is 1. The first kappa shape index (κ1) is 14.5. The normalized spacial score (nSPS) is 13.1. The fourth-order valence-corrected chi connectivity index (χ4v) is 1.48. The second-order valence-corrected chi connectivity index (χ2v) is 5.47. The van der Waals surface area contributed by atoms with Gasteiger partial charge in [-0.15, -0.1) is 0 Å². The van der Waals surface area contributed by atoms with Crippen LogP contribution in [-0.4, -0.2) is 28.8 Å². The Labute approximate surface area is 108 Å². The van der Waals surface area contributed by atoms with E-state index in [0.29, 0.717) is 6.42 Å². The highest BCUT2D eigenvalue weighted by Crippen LogP contribution is 2.15. The zero-order chi connectivity index (χ0) is 13.8. The zero-order valence-corrected chi connectivity index (χ0v) is 11.1. The summed E-state index contributed by atoms with van der Waals surface area (Å²) in [5, 5.41) is 21.3. The topological polar surface area (TPSA) is 69.6 Å². The van der Waals surface area contributed by atoms with E-state index in [1.807, 2.05) is 20.8 Å². The van der Waals surface area contributed by atoms with Crippen molar-refractivity contribution in [3.8, 4) is 5.75 Å². The Bertz CT molecular complexity index is 392. The number of aromatic hydroxyl groups is 1. The molecule has 0 fully saturated rings. The monoisotopic (exact) mass is 251 g/mol. The Hall–Kier alpha value is -1.55. The van der Waals surface area contributed by atoms with Crippen molar-refractivity contribution in [3.63, 3.8) is 0 Å². The van der Waals surface area contributed by atoms with Crippen molar-refractivity contribution in [2.24, 2.45) is 5.41 Å². The average molecular weight is 251 g/mol. The van der Waals surface area contributed by atoms with E-state index in [-0.39, 0.29) is 24.3 Å². The van der Waals surface area contributed by atoms with Gasteiger partial charge >= 0.3 is 0 Å². The third-order valence-corrected chi connectivity index (χ3v) is 2.66. The van der Waals surface area contributed by atoms with Crippen LogP contribution in [0.5, 0.6) is 5.75 Å². The Balaban J connectivity index is 2.62. The van der Waals surface area contributed by atoms with E-state index in [1.54, 1.807) is 24.3 Å². The predicted octanol–water partition coefficient (Wildman–Crippen LogP) is 1.46. The summed E-state index contributed by atoms with van der Waals surface area (Å²) in [6.45, 7) is 5.38. The minimum Gasteiger partial charge on any atom is -0.508 e. The summed E-state index contributed by atoms with van der Waals surface area (Å²) >= 11 is 0. The predicted molar refractivity (Wildman–Crippen MR) is 70.3 cm³/mol. The number of rotatable bonds is 4. The lowest BCUT2D eigenvalue weighted by Gasteiger charge is -2.23. The molecule has 100 valence electrons. The second-order valence-electron chi connectivity index (χ2n) is 5.47. The molecule has 3 N–H and O–H groups in total. The van der Waals surface area contributed by atoms with E-state index in [1.165, 1.54) is 0 Å². The van der Waals surface area contributed by atoms with E-state index in [9.17, 15) is 15.0 Å². The lowest BCUT2D eigenvalue weighted by Crippen LogP contribution is -2.44. The summed E-state index contributed by atoms with van der Waals surface area (Å²) in [4.78, 5) is 11.8. The number of benzene rings is 1. The molecule has 1 aromatic rings. The van der Waals surface area contributed by atoms with Gasteiger partial charge in [0.2, 0.25) is 5.91 Å². The molecule has 0 saturated heterocycles. The van der Waals surface area contributed by atoms with Crippen LogP contribution in [0.1, 0.15) is 26.3 Å². The van der Waals surface area contributed by atoms with Crippen LogP contribution in [0.15, 0.2) is 24.3 Å². The number of phenols is 1. The maximum Gasteiger partial charge on any atom is 0.225 e. The van der Waals surface area contributed by atoms with Crippen LogP contribution in [0.3, 0.4) is 0 Å². The number of hydrogen-bond acceptors (Lipinski definition) is 3. The molecule has 0 unspecified atom stereocenters. The van der Waals surface area contributed by atoms with Crippen LogP contribution in [0.2, 0.25) is 0 Å². The van der Waals surface area contributed by atoms with Gasteiger partial charge in [-0.05, 0) is 24.1 Å². The Morgan fingerprint density at radius 3 is 2.28 bits per heavy atom. The Morgan fingerprint density at radius 2 is 1.83 bits per heavy atom. The highest BCUT2D eigenvalue weighted by molar-refractivity contribution is 5.81. The van der Waals surface area contributed by atoms with Crippen LogP contribution in [0.25, 0.3) is 0 Å². The number of carbonyl (C=O) groups excluding carboxylic acids is 1. The zero-order valence-electron chi connectivity index (χ0n) is 11.1. The van der Waals surface area contributed by atoms with Crippen molar-refractivity contribution in [1.29, 1.82) is 0 Å². The summed E-state index contributed by atoms with van der Waals surface area (Å²) in [5.41, 5.74) is 0.489. The summed E-state index contributed by atoms with van der Waals surface area (Å²) in [6.07, 6.45) is 0.540. The molecule has 0 radical (unpaired) electrons. The lowest BCUT2D eigenvalue weighted by molar-refractivity contribution is -0.129. The van der Waals surface area contributed by atoms with Crippen LogP contribution in [0, 0.1) is 5.41 Å². The average Bonchev–Trinajstić information content (AvgIpc) is 2.29. The fourth-order valence-electron chi connectivity index (χ4n) is 1.48. The largest absolute Gasteiger partial charge is 0.508 e. The number of carbonyl (C=O) groups is 1. The van der Waals surface area contributed by atoms with Gasteiger partial charge in [0.15, 0.2) is 0 Å². The van der Waals surface area contributed by atoms with Gasteiger partial charge in [-0.2, -0.15) is 0 Å². The van der Waals surface area contributed by atoms with Gasteiger partial charge in [0.05, 0.1) is 12.6 Å². The summed E-state index contributed by atoms with van der Waals surface area (Å²) in [7, 11) is 0. The smallest absolute Gasteiger partial charge is 0.225 e. The quantitative estimate of drug-likeness (QED) is 0.758. The SMILES string of the molecule is CC(C)(C)C(=O)N[C@H](CO)Cc1ccc(O)cc1. The molecule has 4 heteroatoms. The highest BCUT2D eigenvalue weighted by Gasteiger charge is 2.23. The second kappa shape index (κ2) is 5.87. The molecule has 1 rings (SSSR count). The third-order valence-electron chi connectivity index (χ3n) is 2.66. The van der Waals surface area contributed by atoms with Crippen LogP contribution >= 0.6 is 0 Å². The van der Waals surface area contributed by atoms with E-state index in [2.05, 4.69) is 5.32 Å². The molecule has 0 aromatic heterocycles. The van der Waals surface area contributed by atoms with E-state index >= 15 is 0 Å². The van der Waals surface area contributed by atoms with Crippen LogP contribution < -0.4 is 5.32 Å². The van der Waals surface area contributed by atoms with Crippen molar-refractivity contribution in [3.05, 3.63) is 29.8 Å². The Morgan fingerprint density at radius 1 is 1.28 bits per heavy atom. The minimum absolute atomic E-state index is 0.0830. The first-order chi connectivity index (χ1) is 8.32. The van der Waals surface area contributed by atoms with Gasteiger partial charge in [0.25, 0.3) is 0 Å². The number of phenolic OH excluding ortho intramolecular Hbond substituents is 1.